The number of nitrogens with zero attached hydrogens (tertiary/aromatic N) is 1. The van der Waals surface area contributed by atoms with Crippen LogP contribution in [0.1, 0.15) is 38.7 Å². The molecule has 1 unspecified atom stereocenters. The summed E-state index contributed by atoms with van der Waals surface area (Å²) in [4.78, 5) is 14.9. The molecule has 23 heavy (non-hydrogen) atoms. The van der Waals surface area contributed by atoms with E-state index in [0.29, 0.717) is 16.8 Å². The molecule has 1 heterocycles. The summed E-state index contributed by atoms with van der Waals surface area (Å²) in [5.41, 5.74) is 1.06. The van der Waals surface area contributed by atoms with Gasteiger partial charge in [0, 0.05) is 12.6 Å². The fourth-order valence-electron chi connectivity index (χ4n) is 3.01. The van der Waals surface area contributed by atoms with E-state index in [1.54, 1.807) is 6.07 Å². The predicted octanol–water partition coefficient (Wildman–Crippen LogP) is 3.41. The molecule has 1 amide bonds. The Hall–Kier alpha value is -1.26. The molecule has 1 fully saturated rings. The molecule has 1 N–H and O–H groups in total. The molecule has 1 atom stereocenters. The van der Waals surface area contributed by atoms with Crippen LogP contribution in [-0.2, 0) is 4.79 Å². The van der Waals surface area contributed by atoms with Crippen LogP contribution in [0.2, 0.25) is 5.02 Å². The number of piperidine rings is 1. The molecule has 128 valence electrons. The van der Waals surface area contributed by atoms with Crippen molar-refractivity contribution in [3.05, 3.63) is 28.8 Å². The number of benzene rings is 1. The third-order valence-electron chi connectivity index (χ3n) is 4.24. The minimum Gasteiger partial charge on any atom is -0.479 e. The third kappa shape index (κ3) is 4.85. The Morgan fingerprint density at radius 1 is 1.43 bits per heavy atom. The van der Waals surface area contributed by atoms with E-state index in [1.807, 2.05) is 30.9 Å². The van der Waals surface area contributed by atoms with Crippen molar-refractivity contribution in [2.45, 2.75) is 52.2 Å². The minimum absolute atomic E-state index is 0.0522. The van der Waals surface area contributed by atoms with E-state index >= 15 is 0 Å². The van der Waals surface area contributed by atoms with E-state index in [0.717, 1.165) is 44.5 Å². The molecule has 1 saturated heterocycles. The van der Waals surface area contributed by atoms with Gasteiger partial charge in [-0.2, -0.15) is 0 Å². The van der Waals surface area contributed by atoms with Crippen LogP contribution >= 0.6 is 11.6 Å². The fourth-order valence-corrected chi connectivity index (χ4v) is 3.17. The van der Waals surface area contributed by atoms with E-state index in [1.165, 1.54) is 0 Å². The molecule has 0 radical (unpaired) electrons. The topological polar surface area (TPSA) is 41.6 Å². The Morgan fingerprint density at radius 2 is 2.13 bits per heavy atom. The maximum absolute atomic E-state index is 12.9. The summed E-state index contributed by atoms with van der Waals surface area (Å²) >= 11 is 6.18. The first-order chi connectivity index (χ1) is 11.0. The molecule has 0 saturated carbocycles. The van der Waals surface area contributed by atoms with Crippen molar-refractivity contribution in [3.63, 3.8) is 0 Å². The largest absolute Gasteiger partial charge is 0.479 e. The zero-order chi connectivity index (χ0) is 16.8. The van der Waals surface area contributed by atoms with Gasteiger partial charge >= 0.3 is 0 Å². The van der Waals surface area contributed by atoms with Gasteiger partial charge in [-0.05, 0) is 63.9 Å². The molecular formula is C18H27ClN2O2. The second-order valence-electron chi connectivity index (χ2n) is 6.21. The number of amides is 1. The van der Waals surface area contributed by atoms with E-state index < -0.39 is 6.10 Å². The molecule has 1 aromatic carbocycles. The quantitative estimate of drug-likeness (QED) is 0.864. The number of carbonyl (C=O) groups is 1. The summed E-state index contributed by atoms with van der Waals surface area (Å²) in [6.45, 7) is 8.61. The van der Waals surface area contributed by atoms with E-state index in [2.05, 4.69) is 12.2 Å². The Kier molecular flexibility index (Phi) is 6.72. The molecule has 0 spiro atoms. The van der Waals surface area contributed by atoms with Gasteiger partial charge in [0.2, 0.25) is 0 Å². The van der Waals surface area contributed by atoms with Crippen LogP contribution < -0.4 is 10.1 Å². The van der Waals surface area contributed by atoms with Crippen LogP contribution in [0.25, 0.3) is 0 Å². The molecule has 1 aromatic rings. The number of rotatable bonds is 6. The lowest BCUT2D eigenvalue weighted by Gasteiger charge is -2.36. The van der Waals surface area contributed by atoms with E-state index in [9.17, 15) is 4.79 Å². The summed E-state index contributed by atoms with van der Waals surface area (Å²) in [6, 6.07) is 5.92. The first-order valence-corrected chi connectivity index (χ1v) is 8.84. The molecular weight excluding hydrogens is 312 g/mol. The Morgan fingerprint density at radius 3 is 2.78 bits per heavy atom. The number of hydrogen-bond acceptors (Lipinski definition) is 3. The molecule has 0 aromatic heterocycles. The second kappa shape index (κ2) is 8.55. The van der Waals surface area contributed by atoms with E-state index in [-0.39, 0.29) is 5.91 Å². The number of ether oxygens (including phenoxy) is 1. The number of hydrogen-bond donors (Lipinski definition) is 1. The molecule has 0 bridgehead atoms. The number of aryl methyl sites for hydroxylation is 1. The van der Waals surface area contributed by atoms with Crippen LogP contribution in [0.4, 0.5) is 0 Å². The second-order valence-corrected chi connectivity index (χ2v) is 6.61. The van der Waals surface area contributed by atoms with Gasteiger partial charge in [0.25, 0.3) is 5.91 Å². The predicted molar refractivity (Wildman–Crippen MR) is 94.2 cm³/mol. The summed E-state index contributed by atoms with van der Waals surface area (Å²) in [5, 5.41) is 3.89. The normalized spacial score (nSPS) is 16.9. The average Bonchev–Trinajstić information content (AvgIpc) is 2.56. The van der Waals surface area contributed by atoms with Crippen molar-refractivity contribution >= 4 is 17.5 Å². The summed E-state index contributed by atoms with van der Waals surface area (Å²) in [7, 11) is 0. The van der Waals surface area contributed by atoms with Gasteiger partial charge < -0.3 is 15.0 Å². The highest BCUT2D eigenvalue weighted by Gasteiger charge is 2.29. The molecule has 1 aliphatic heterocycles. The highest BCUT2D eigenvalue weighted by atomic mass is 35.5. The Labute approximate surface area is 144 Å². The monoisotopic (exact) mass is 338 g/mol. The lowest BCUT2D eigenvalue weighted by atomic mass is 10.0. The highest BCUT2D eigenvalue weighted by molar-refractivity contribution is 6.32. The smallest absolute Gasteiger partial charge is 0.263 e. The van der Waals surface area contributed by atoms with Gasteiger partial charge in [0.05, 0.1) is 5.02 Å². The zero-order valence-electron chi connectivity index (χ0n) is 14.3. The van der Waals surface area contributed by atoms with Gasteiger partial charge in [-0.15, -0.1) is 0 Å². The van der Waals surface area contributed by atoms with Crippen molar-refractivity contribution < 1.29 is 9.53 Å². The SMILES string of the molecule is CCCN(C(=O)C(C)Oc1cc(C)ccc1Cl)C1CCNCC1. The van der Waals surface area contributed by atoms with Crippen molar-refractivity contribution in [3.8, 4) is 5.75 Å². The van der Waals surface area contributed by atoms with Crippen LogP contribution in [0.3, 0.4) is 0 Å². The van der Waals surface area contributed by atoms with Gasteiger partial charge in [0.1, 0.15) is 5.75 Å². The van der Waals surface area contributed by atoms with E-state index in [4.69, 9.17) is 16.3 Å². The molecule has 2 rings (SSSR count). The van der Waals surface area contributed by atoms with Crippen LogP contribution in [-0.4, -0.2) is 42.6 Å². The number of nitrogens with one attached hydrogen (secondary N) is 1. The third-order valence-corrected chi connectivity index (χ3v) is 4.55. The van der Waals surface area contributed by atoms with Crippen LogP contribution in [0.15, 0.2) is 18.2 Å². The minimum atomic E-state index is -0.532. The fraction of sp³-hybridized carbons (Fsp3) is 0.611. The Balaban J connectivity index is 2.07. The Bertz CT molecular complexity index is 530. The summed E-state index contributed by atoms with van der Waals surface area (Å²) in [5.74, 6) is 0.630. The zero-order valence-corrected chi connectivity index (χ0v) is 15.0. The van der Waals surface area contributed by atoms with Gasteiger partial charge in [-0.3, -0.25) is 4.79 Å². The first kappa shape index (κ1) is 18.1. The van der Waals surface area contributed by atoms with Gasteiger partial charge in [-0.1, -0.05) is 24.6 Å². The lowest BCUT2D eigenvalue weighted by molar-refractivity contribution is -0.141. The maximum Gasteiger partial charge on any atom is 0.263 e. The first-order valence-electron chi connectivity index (χ1n) is 8.47. The maximum atomic E-state index is 12.9. The van der Waals surface area contributed by atoms with Crippen molar-refractivity contribution in [1.82, 2.24) is 10.2 Å². The summed E-state index contributed by atoms with van der Waals surface area (Å²) in [6.07, 6.45) is 2.43. The lowest BCUT2D eigenvalue weighted by Crippen LogP contribution is -2.50. The number of halogens is 1. The van der Waals surface area contributed by atoms with Crippen LogP contribution in [0, 0.1) is 6.92 Å². The molecule has 4 nitrogen and oxygen atoms in total. The van der Waals surface area contributed by atoms with Crippen LogP contribution in [0.5, 0.6) is 5.75 Å². The van der Waals surface area contributed by atoms with Crippen molar-refractivity contribution in [1.29, 1.82) is 0 Å². The van der Waals surface area contributed by atoms with Crippen molar-refractivity contribution in [2.75, 3.05) is 19.6 Å². The van der Waals surface area contributed by atoms with Gasteiger partial charge in [-0.25, -0.2) is 0 Å². The average molecular weight is 339 g/mol. The van der Waals surface area contributed by atoms with Crippen molar-refractivity contribution in [2.24, 2.45) is 0 Å². The molecule has 0 aliphatic carbocycles. The molecule has 1 aliphatic rings. The molecule has 5 heteroatoms. The standard InChI is InChI=1S/C18H27ClN2O2/c1-4-11-21(15-7-9-20-10-8-15)18(22)14(3)23-17-12-13(2)5-6-16(17)19/h5-6,12,14-15,20H,4,7-11H2,1-3H3. The van der Waals surface area contributed by atoms with Gasteiger partial charge in [0.15, 0.2) is 6.10 Å². The highest BCUT2D eigenvalue weighted by Crippen LogP contribution is 2.27. The number of carbonyl (C=O) groups excluding carboxylic acids is 1. The summed E-state index contributed by atoms with van der Waals surface area (Å²) < 4.78 is 5.87.